The molecule has 3 rings (SSSR count). The van der Waals surface area contributed by atoms with Crippen LogP contribution in [0.3, 0.4) is 0 Å². The first kappa shape index (κ1) is 23.8. The van der Waals surface area contributed by atoms with Gasteiger partial charge in [0.25, 0.3) is 11.4 Å². The van der Waals surface area contributed by atoms with Crippen molar-refractivity contribution in [2.75, 3.05) is 0 Å². The molecule has 0 spiro atoms. The van der Waals surface area contributed by atoms with Crippen molar-refractivity contribution in [1.82, 2.24) is 0 Å². The zero-order valence-corrected chi connectivity index (χ0v) is 17.6. The highest BCUT2D eigenvalue weighted by atomic mass is 16.6. The van der Waals surface area contributed by atoms with Crippen molar-refractivity contribution in [2.45, 2.75) is 77.6 Å². The molecule has 0 radical (unpaired) electrons. The summed E-state index contributed by atoms with van der Waals surface area (Å²) in [6, 6.07) is 2.22. The van der Waals surface area contributed by atoms with Crippen LogP contribution < -0.4 is 0 Å². The van der Waals surface area contributed by atoms with Crippen molar-refractivity contribution >= 4 is 17.3 Å². The Morgan fingerprint density at radius 2 is 1.40 bits per heavy atom. The molecule has 166 valence electrons. The van der Waals surface area contributed by atoms with Gasteiger partial charge in [0.15, 0.2) is 0 Å². The van der Waals surface area contributed by atoms with Crippen LogP contribution in [0.25, 0.3) is 0 Å². The van der Waals surface area contributed by atoms with Crippen LogP contribution in [0.4, 0.5) is 11.4 Å². The fraction of sp³-hybridized carbons (Fsp3) is 0.682. The van der Waals surface area contributed by atoms with Gasteiger partial charge < -0.3 is 5.11 Å². The fourth-order valence-corrected chi connectivity index (χ4v) is 4.89. The number of benzene rings is 1. The fourth-order valence-electron chi connectivity index (χ4n) is 4.89. The van der Waals surface area contributed by atoms with Gasteiger partial charge in [0.1, 0.15) is 0 Å². The quantitative estimate of drug-likeness (QED) is 0.421. The molecule has 0 heterocycles. The summed E-state index contributed by atoms with van der Waals surface area (Å²) in [4.78, 5) is 29.4. The van der Waals surface area contributed by atoms with Gasteiger partial charge in [0.2, 0.25) is 0 Å². The average molecular weight is 421 g/mol. The van der Waals surface area contributed by atoms with E-state index < -0.39 is 32.8 Å². The van der Waals surface area contributed by atoms with E-state index in [0.29, 0.717) is 6.07 Å². The predicted octanol–water partition coefficient (Wildman–Crippen LogP) is 6.37. The van der Waals surface area contributed by atoms with E-state index in [1.165, 1.54) is 32.1 Å². The van der Waals surface area contributed by atoms with E-state index in [9.17, 15) is 25.0 Å². The smallest absolute Gasteiger partial charge is 0.336 e. The lowest BCUT2D eigenvalue weighted by molar-refractivity contribution is -0.394. The Morgan fingerprint density at radius 1 is 0.900 bits per heavy atom. The highest BCUT2D eigenvalue weighted by molar-refractivity contribution is 5.89. The van der Waals surface area contributed by atoms with Gasteiger partial charge in [-0.15, -0.1) is 0 Å². The third-order valence-electron chi connectivity index (χ3n) is 6.48. The van der Waals surface area contributed by atoms with E-state index in [2.05, 4.69) is 6.92 Å². The highest BCUT2D eigenvalue weighted by Crippen LogP contribution is 2.40. The second-order valence-corrected chi connectivity index (χ2v) is 8.53. The lowest BCUT2D eigenvalue weighted by Gasteiger charge is -2.35. The number of carbonyl (C=O) groups is 1. The molecule has 0 aliphatic heterocycles. The molecule has 0 aromatic heterocycles. The molecule has 8 heteroatoms. The molecule has 2 aliphatic carbocycles. The molecule has 30 heavy (non-hydrogen) atoms. The number of carboxylic acid groups (broad SMARTS) is 1. The summed E-state index contributed by atoms with van der Waals surface area (Å²) in [6.07, 6.45) is 16.8. The van der Waals surface area contributed by atoms with Crippen molar-refractivity contribution in [1.29, 1.82) is 0 Å². The molecular weight excluding hydrogens is 388 g/mol. The molecule has 0 unspecified atom stereocenters. The minimum absolute atomic E-state index is 0.490. The van der Waals surface area contributed by atoms with Gasteiger partial charge in [-0.2, -0.15) is 0 Å². The third-order valence-corrected chi connectivity index (χ3v) is 6.48. The van der Waals surface area contributed by atoms with E-state index in [1.807, 2.05) is 0 Å². The Hall–Kier alpha value is -2.51. The number of hydrogen-bond donors (Lipinski definition) is 1. The normalized spacial score (nSPS) is 21.9. The number of aromatic carboxylic acids is 1. The monoisotopic (exact) mass is 420 g/mol. The lowest BCUT2D eigenvalue weighted by Crippen LogP contribution is -2.23. The van der Waals surface area contributed by atoms with Gasteiger partial charge in [-0.05, 0) is 30.6 Å². The van der Waals surface area contributed by atoms with Crippen LogP contribution in [-0.4, -0.2) is 20.9 Å². The van der Waals surface area contributed by atoms with Gasteiger partial charge in [-0.25, -0.2) is 4.79 Å². The van der Waals surface area contributed by atoms with Crippen LogP contribution in [0.15, 0.2) is 18.2 Å². The number of rotatable bonds is 6. The van der Waals surface area contributed by atoms with E-state index in [-0.39, 0.29) is 0 Å². The Morgan fingerprint density at radius 3 is 1.83 bits per heavy atom. The Labute approximate surface area is 177 Å². The number of carboxylic acids is 1. The summed E-state index contributed by atoms with van der Waals surface area (Å²) in [5, 5.41) is 29.2. The van der Waals surface area contributed by atoms with Crippen molar-refractivity contribution in [3.63, 3.8) is 0 Å². The number of non-ortho nitro benzene ring substituents is 2. The molecule has 1 aromatic rings. The summed E-state index contributed by atoms with van der Waals surface area (Å²) < 4.78 is 0. The number of nitro benzene ring substituents is 2. The summed E-state index contributed by atoms with van der Waals surface area (Å²) in [5.41, 5.74) is -1.74. The second kappa shape index (κ2) is 11.6. The summed E-state index contributed by atoms with van der Waals surface area (Å²) in [6.45, 7) is 2.34. The van der Waals surface area contributed by atoms with Crippen molar-refractivity contribution in [3.05, 3.63) is 44.0 Å². The minimum atomic E-state index is -1.46. The Balaban J connectivity index is 0.000000214. The molecule has 1 N–H and O–H groups in total. The number of nitrogens with zero attached hydrogens (tertiary/aromatic N) is 2. The molecule has 0 atom stereocenters. The van der Waals surface area contributed by atoms with Crippen LogP contribution >= 0.6 is 0 Å². The Bertz CT molecular complexity index is 658. The molecule has 0 saturated heterocycles. The molecule has 2 aliphatic rings. The standard InChI is InChI=1S/C15H28.C7H4N2O6/c1-2-6-13-9-11-15(12-10-13)14-7-4-3-5-8-14;10-7(11)4-1-5(8(12)13)3-6(2-4)9(14)15/h13-15H,2-12H2,1H3;1-3H,(H,10,11). The molecule has 2 fully saturated rings. The minimum Gasteiger partial charge on any atom is -0.478 e. The first-order valence-electron chi connectivity index (χ1n) is 11.0. The second-order valence-electron chi connectivity index (χ2n) is 8.53. The number of nitro groups is 2. The maximum atomic E-state index is 10.5. The largest absolute Gasteiger partial charge is 0.478 e. The topological polar surface area (TPSA) is 124 Å². The van der Waals surface area contributed by atoms with Crippen LogP contribution in [0, 0.1) is 38.0 Å². The SMILES string of the molecule is CCCC1CCC(C2CCCCC2)CC1.O=C(O)c1cc([N+](=O)[O-])cc([N+](=O)[O-])c1. The van der Waals surface area contributed by atoms with E-state index in [1.54, 1.807) is 38.5 Å². The van der Waals surface area contributed by atoms with Gasteiger partial charge in [-0.1, -0.05) is 64.7 Å². The molecular formula is C22H32N2O6. The molecule has 2 saturated carbocycles. The van der Waals surface area contributed by atoms with Crippen LogP contribution in [0.1, 0.15) is 87.9 Å². The van der Waals surface area contributed by atoms with Crippen molar-refractivity contribution in [3.8, 4) is 0 Å². The molecule has 0 amide bonds. The van der Waals surface area contributed by atoms with Gasteiger partial charge >= 0.3 is 5.97 Å². The first-order chi connectivity index (χ1) is 14.3. The van der Waals surface area contributed by atoms with E-state index in [4.69, 9.17) is 5.11 Å². The zero-order chi connectivity index (χ0) is 22.1. The zero-order valence-electron chi connectivity index (χ0n) is 17.6. The van der Waals surface area contributed by atoms with Crippen LogP contribution in [-0.2, 0) is 0 Å². The molecule has 8 nitrogen and oxygen atoms in total. The summed E-state index contributed by atoms with van der Waals surface area (Å²) >= 11 is 0. The maximum Gasteiger partial charge on any atom is 0.336 e. The summed E-state index contributed by atoms with van der Waals surface area (Å²) in [7, 11) is 0. The summed E-state index contributed by atoms with van der Waals surface area (Å²) in [5.74, 6) is 1.89. The Kier molecular flexibility index (Phi) is 9.20. The molecule has 0 bridgehead atoms. The lowest BCUT2D eigenvalue weighted by atomic mass is 9.70. The maximum absolute atomic E-state index is 10.5. The van der Waals surface area contributed by atoms with E-state index >= 15 is 0 Å². The third kappa shape index (κ3) is 7.07. The predicted molar refractivity (Wildman–Crippen MR) is 114 cm³/mol. The van der Waals surface area contributed by atoms with Gasteiger partial charge in [0, 0.05) is 12.1 Å². The van der Waals surface area contributed by atoms with Crippen molar-refractivity contribution in [2.24, 2.45) is 17.8 Å². The first-order valence-corrected chi connectivity index (χ1v) is 11.0. The van der Waals surface area contributed by atoms with Gasteiger partial charge in [0.05, 0.1) is 21.5 Å². The van der Waals surface area contributed by atoms with Crippen LogP contribution in [0.5, 0.6) is 0 Å². The van der Waals surface area contributed by atoms with Crippen LogP contribution in [0.2, 0.25) is 0 Å². The van der Waals surface area contributed by atoms with Gasteiger partial charge in [-0.3, -0.25) is 20.2 Å². The highest BCUT2D eigenvalue weighted by Gasteiger charge is 2.28. The average Bonchev–Trinajstić information content (AvgIpc) is 2.75. The number of hydrogen-bond acceptors (Lipinski definition) is 5. The van der Waals surface area contributed by atoms with Crippen molar-refractivity contribution < 1.29 is 19.7 Å². The van der Waals surface area contributed by atoms with E-state index in [0.717, 1.165) is 29.9 Å². The molecule has 1 aromatic carbocycles.